The Balaban J connectivity index is 1.48. The van der Waals surface area contributed by atoms with Crippen molar-refractivity contribution >= 4 is 17.2 Å². The van der Waals surface area contributed by atoms with Crippen molar-refractivity contribution in [3.8, 4) is 0 Å². The van der Waals surface area contributed by atoms with E-state index in [1.165, 1.54) is 17.4 Å². The molecule has 1 aromatic heterocycles. The molecule has 2 saturated heterocycles. The number of aromatic nitrogens is 1. The van der Waals surface area contributed by atoms with E-state index in [1.807, 2.05) is 4.90 Å². The number of carbonyl (C=O) groups is 1. The summed E-state index contributed by atoms with van der Waals surface area (Å²) in [6, 6.07) is 3.52. The Hall–Kier alpha value is -1.90. The first-order chi connectivity index (χ1) is 13.0. The summed E-state index contributed by atoms with van der Waals surface area (Å²) in [4.78, 5) is 21.6. The number of amides is 1. The van der Waals surface area contributed by atoms with Crippen LogP contribution in [0.25, 0.3) is 0 Å². The number of rotatable bonds is 4. The van der Waals surface area contributed by atoms with Crippen LogP contribution in [0.5, 0.6) is 0 Å². The van der Waals surface area contributed by atoms with E-state index in [1.54, 1.807) is 11.7 Å². The summed E-state index contributed by atoms with van der Waals surface area (Å²) in [6.07, 6.45) is 2.19. The molecule has 2 aromatic rings. The lowest BCUT2D eigenvalue weighted by atomic mass is 9.87. The molecule has 4 rings (SSSR count). The van der Waals surface area contributed by atoms with Crippen LogP contribution in [0.1, 0.15) is 16.9 Å². The average Bonchev–Trinajstić information content (AvgIpc) is 3.18. The summed E-state index contributed by atoms with van der Waals surface area (Å²) < 4.78 is 33.3. The van der Waals surface area contributed by atoms with Crippen LogP contribution in [0.4, 0.5) is 8.78 Å². The topological polar surface area (TPSA) is 45.7 Å². The Labute approximate surface area is 160 Å². The van der Waals surface area contributed by atoms with Gasteiger partial charge in [-0.3, -0.25) is 14.7 Å². The molecular formula is C19H21F2N3O2S. The predicted octanol–water partition coefficient (Wildman–Crippen LogP) is 2.67. The minimum absolute atomic E-state index is 0.103. The van der Waals surface area contributed by atoms with E-state index < -0.39 is 11.6 Å². The van der Waals surface area contributed by atoms with Crippen molar-refractivity contribution in [2.75, 3.05) is 32.8 Å². The molecule has 27 heavy (non-hydrogen) atoms. The van der Waals surface area contributed by atoms with E-state index in [0.717, 1.165) is 17.0 Å². The molecule has 2 aliphatic rings. The molecule has 1 aromatic carbocycles. The second-order valence-corrected chi connectivity index (χ2v) is 8.36. The number of nitrogens with zero attached hydrogens (tertiary/aromatic N) is 3. The third-order valence-electron chi connectivity index (χ3n) is 5.16. The summed E-state index contributed by atoms with van der Waals surface area (Å²) in [6.45, 7) is 3.73. The SMILES string of the molecule is O=C1CC2(COCCN(Cc3cc(F)ccc3F)C2)CN1Cc1cncs1. The normalized spacial score (nSPS) is 23.9. The maximum Gasteiger partial charge on any atom is 0.223 e. The first kappa shape index (κ1) is 18.5. The van der Waals surface area contributed by atoms with Gasteiger partial charge in [0.2, 0.25) is 5.91 Å². The number of ether oxygens (including phenoxy) is 1. The molecule has 0 saturated carbocycles. The zero-order valence-corrected chi connectivity index (χ0v) is 15.7. The number of thiazole rings is 1. The Morgan fingerprint density at radius 1 is 1.26 bits per heavy atom. The number of hydrogen-bond acceptors (Lipinski definition) is 5. The minimum atomic E-state index is -0.445. The standard InChI is InChI=1S/C19H21F2N3O2S/c20-15-1-2-17(21)14(5-15)8-23-3-4-26-12-19(10-23)6-18(25)24(11-19)9-16-7-22-13-27-16/h1-2,5,7,13H,3-4,6,8-12H2. The Morgan fingerprint density at radius 2 is 2.15 bits per heavy atom. The van der Waals surface area contributed by atoms with Crippen LogP contribution in [-0.4, -0.2) is 53.5 Å². The van der Waals surface area contributed by atoms with Gasteiger partial charge < -0.3 is 9.64 Å². The highest BCUT2D eigenvalue weighted by Crippen LogP contribution is 2.35. The van der Waals surface area contributed by atoms with Crippen LogP contribution < -0.4 is 0 Å². The smallest absolute Gasteiger partial charge is 0.223 e. The summed E-state index contributed by atoms with van der Waals surface area (Å²) in [5.41, 5.74) is 1.77. The second-order valence-electron chi connectivity index (χ2n) is 7.39. The molecule has 1 spiro atoms. The van der Waals surface area contributed by atoms with Gasteiger partial charge in [-0.2, -0.15) is 0 Å². The van der Waals surface area contributed by atoms with Crippen molar-refractivity contribution < 1.29 is 18.3 Å². The van der Waals surface area contributed by atoms with Gasteiger partial charge in [0.15, 0.2) is 0 Å². The quantitative estimate of drug-likeness (QED) is 0.801. The molecule has 3 heterocycles. The van der Waals surface area contributed by atoms with Crippen molar-refractivity contribution in [3.63, 3.8) is 0 Å². The van der Waals surface area contributed by atoms with Gasteiger partial charge in [0.05, 0.1) is 25.3 Å². The number of halogens is 2. The van der Waals surface area contributed by atoms with Crippen LogP contribution in [0.2, 0.25) is 0 Å². The highest BCUT2D eigenvalue weighted by atomic mass is 32.1. The van der Waals surface area contributed by atoms with Crippen molar-refractivity contribution in [1.82, 2.24) is 14.8 Å². The third-order valence-corrected chi connectivity index (χ3v) is 5.92. The first-order valence-corrected chi connectivity index (χ1v) is 9.80. The number of carbonyl (C=O) groups excluding carboxylic acids is 1. The van der Waals surface area contributed by atoms with Crippen LogP contribution >= 0.6 is 11.3 Å². The van der Waals surface area contributed by atoms with Gasteiger partial charge in [-0.1, -0.05) is 0 Å². The largest absolute Gasteiger partial charge is 0.379 e. The fourth-order valence-corrected chi connectivity index (χ4v) is 4.57. The van der Waals surface area contributed by atoms with E-state index in [9.17, 15) is 13.6 Å². The number of benzene rings is 1. The average molecular weight is 393 g/mol. The van der Waals surface area contributed by atoms with E-state index in [4.69, 9.17) is 4.74 Å². The van der Waals surface area contributed by atoms with E-state index in [2.05, 4.69) is 9.88 Å². The van der Waals surface area contributed by atoms with E-state index >= 15 is 0 Å². The number of likely N-dealkylation sites (tertiary alicyclic amines) is 1. The Kier molecular flexibility index (Phi) is 5.21. The molecule has 0 aliphatic carbocycles. The molecule has 144 valence electrons. The summed E-state index contributed by atoms with van der Waals surface area (Å²) in [7, 11) is 0. The summed E-state index contributed by atoms with van der Waals surface area (Å²) in [5.74, 6) is -0.755. The maximum absolute atomic E-state index is 14.0. The van der Waals surface area contributed by atoms with Crippen LogP contribution in [0.3, 0.4) is 0 Å². The van der Waals surface area contributed by atoms with Crippen molar-refractivity contribution in [2.45, 2.75) is 19.5 Å². The lowest BCUT2D eigenvalue weighted by Gasteiger charge is -2.31. The maximum atomic E-state index is 14.0. The van der Waals surface area contributed by atoms with Gasteiger partial charge in [0.1, 0.15) is 11.6 Å². The minimum Gasteiger partial charge on any atom is -0.379 e. The molecule has 1 atom stereocenters. The molecule has 5 nitrogen and oxygen atoms in total. The fourth-order valence-electron chi connectivity index (χ4n) is 3.96. The lowest BCUT2D eigenvalue weighted by molar-refractivity contribution is -0.128. The van der Waals surface area contributed by atoms with Crippen LogP contribution in [-0.2, 0) is 22.6 Å². The second kappa shape index (κ2) is 7.61. The third kappa shape index (κ3) is 4.17. The fraction of sp³-hybridized carbons (Fsp3) is 0.474. The molecule has 0 bridgehead atoms. The van der Waals surface area contributed by atoms with Crippen molar-refractivity contribution in [3.05, 3.63) is 52.0 Å². The number of hydrogen-bond donors (Lipinski definition) is 0. The van der Waals surface area contributed by atoms with E-state index in [-0.39, 0.29) is 11.3 Å². The van der Waals surface area contributed by atoms with Gasteiger partial charge in [-0.15, -0.1) is 11.3 Å². The lowest BCUT2D eigenvalue weighted by Crippen LogP contribution is -2.40. The predicted molar refractivity (Wildman–Crippen MR) is 97.0 cm³/mol. The van der Waals surface area contributed by atoms with Gasteiger partial charge in [-0.25, -0.2) is 8.78 Å². The van der Waals surface area contributed by atoms with Crippen molar-refractivity contribution in [2.24, 2.45) is 5.41 Å². The molecule has 0 N–H and O–H groups in total. The molecular weight excluding hydrogens is 372 g/mol. The molecule has 0 radical (unpaired) electrons. The van der Waals surface area contributed by atoms with E-state index in [0.29, 0.717) is 57.9 Å². The van der Waals surface area contributed by atoms with Crippen LogP contribution in [0, 0.1) is 17.0 Å². The Morgan fingerprint density at radius 3 is 2.96 bits per heavy atom. The highest BCUT2D eigenvalue weighted by molar-refractivity contribution is 7.09. The summed E-state index contributed by atoms with van der Waals surface area (Å²) >= 11 is 1.53. The van der Waals surface area contributed by atoms with Crippen LogP contribution in [0.15, 0.2) is 29.9 Å². The van der Waals surface area contributed by atoms with Gasteiger partial charge in [0, 0.05) is 54.7 Å². The summed E-state index contributed by atoms with van der Waals surface area (Å²) in [5, 5.41) is 0. The zero-order chi connectivity index (χ0) is 18.9. The first-order valence-electron chi connectivity index (χ1n) is 8.92. The van der Waals surface area contributed by atoms with Gasteiger partial charge in [-0.05, 0) is 18.2 Å². The monoisotopic (exact) mass is 393 g/mol. The van der Waals surface area contributed by atoms with Gasteiger partial charge in [0.25, 0.3) is 0 Å². The zero-order valence-electron chi connectivity index (χ0n) is 14.9. The molecule has 8 heteroatoms. The van der Waals surface area contributed by atoms with Crippen molar-refractivity contribution in [1.29, 1.82) is 0 Å². The molecule has 2 fully saturated rings. The highest BCUT2D eigenvalue weighted by Gasteiger charge is 2.45. The molecule has 2 aliphatic heterocycles. The molecule has 1 unspecified atom stereocenters. The Bertz CT molecular complexity index is 817. The molecule has 1 amide bonds. The van der Waals surface area contributed by atoms with Gasteiger partial charge >= 0.3 is 0 Å².